The Hall–Kier alpha value is -3.79. The van der Waals surface area contributed by atoms with Gasteiger partial charge in [0.25, 0.3) is 5.91 Å². The fraction of sp³-hybridized carbons (Fsp3) is 0.308. The van der Waals surface area contributed by atoms with Crippen LogP contribution in [0.4, 0.5) is 0 Å². The van der Waals surface area contributed by atoms with Crippen LogP contribution in [-0.4, -0.2) is 53.9 Å². The second kappa shape index (κ2) is 11.3. The molecule has 2 heterocycles. The number of amides is 1. The molecule has 2 aliphatic heterocycles. The van der Waals surface area contributed by atoms with Crippen LogP contribution >= 0.6 is 11.8 Å². The number of hydrogen-bond acceptors (Lipinski definition) is 8. The lowest BCUT2D eigenvalue weighted by Gasteiger charge is -2.20. The molecule has 0 unspecified atom stereocenters. The number of hydrogen-bond donors (Lipinski definition) is 1. The standard InChI is InChI=1S/C26H28N4O5S/c1-5-33-22-15-17(10-11-21(22)35-13-12-34-20-9-7-6-8-19(20)32-4)14-18-23(27)30-26(28-24(18)31)36-25(29-30)16(2)3/h6-11,14-16,27H,5,12-13H2,1-4H3. The number of fused-ring (bicyclic) bond motifs is 1. The highest BCUT2D eigenvalue weighted by molar-refractivity contribution is 8.27. The van der Waals surface area contributed by atoms with Crippen LogP contribution in [0, 0.1) is 11.3 Å². The van der Waals surface area contributed by atoms with Gasteiger partial charge < -0.3 is 18.9 Å². The topological polar surface area (TPSA) is 106 Å². The van der Waals surface area contributed by atoms with Crippen LogP contribution in [0.3, 0.4) is 0 Å². The van der Waals surface area contributed by atoms with Crippen LogP contribution in [0.5, 0.6) is 23.0 Å². The van der Waals surface area contributed by atoms with Gasteiger partial charge >= 0.3 is 0 Å². The summed E-state index contributed by atoms with van der Waals surface area (Å²) in [5.74, 6) is 2.09. The van der Waals surface area contributed by atoms with Gasteiger partial charge in [-0.3, -0.25) is 10.2 Å². The van der Waals surface area contributed by atoms with Gasteiger partial charge in [0.1, 0.15) is 18.3 Å². The lowest BCUT2D eigenvalue weighted by Crippen LogP contribution is -2.35. The van der Waals surface area contributed by atoms with Crippen molar-refractivity contribution >= 4 is 39.8 Å². The van der Waals surface area contributed by atoms with Crippen LogP contribution in [0.25, 0.3) is 6.08 Å². The molecule has 0 aliphatic carbocycles. The molecule has 0 saturated carbocycles. The number of carbonyl (C=O) groups excluding carboxylic acids is 1. The summed E-state index contributed by atoms with van der Waals surface area (Å²) < 4.78 is 22.7. The van der Waals surface area contributed by atoms with Crippen LogP contribution in [0.15, 0.2) is 58.1 Å². The molecule has 0 fully saturated rings. The summed E-state index contributed by atoms with van der Waals surface area (Å²) in [6.07, 6.45) is 1.62. The van der Waals surface area contributed by atoms with E-state index >= 15 is 0 Å². The Labute approximate surface area is 214 Å². The molecule has 0 aromatic heterocycles. The predicted octanol–water partition coefficient (Wildman–Crippen LogP) is 4.83. The summed E-state index contributed by atoms with van der Waals surface area (Å²) in [7, 11) is 1.59. The zero-order valence-electron chi connectivity index (χ0n) is 20.6. The van der Waals surface area contributed by atoms with Crippen molar-refractivity contribution in [2.45, 2.75) is 20.8 Å². The van der Waals surface area contributed by atoms with E-state index in [9.17, 15) is 4.79 Å². The number of amidine groups is 2. The quantitative estimate of drug-likeness (QED) is 0.362. The molecule has 0 saturated heterocycles. The maximum Gasteiger partial charge on any atom is 0.283 e. The van der Waals surface area contributed by atoms with E-state index in [0.29, 0.717) is 53.5 Å². The molecule has 0 atom stereocenters. The number of methoxy groups -OCH3 is 1. The largest absolute Gasteiger partial charge is 0.493 e. The monoisotopic (exact) mass is 508 g/mol. The third-order valence-electron chi connectivity index (χ3n) is 5.21. The first-order chi connectivity index (χ1) is 17.4. The normalized spacial score (nSPS) is 16.1. The second-order valence-electron chi connectivity index (χ2n) is 8.10. The van der Waals surface area contributed by atoms with Gasteiger partial charge in [0.15, 0.2) is 28.8 Å². The van der Waals surface area contributed by atoms with E-state index in [-0.39, 0.29) is 17.3 Å². The third-order valence-corrected chi connectivity index (χ3v) is 6.42. The van der Waals surface area contributed by atoms with Gasteiger partial charge in [-0.05, 0) is 54.6 Å². The molecule has 0 radical (unpaired) electrons. The summed E-state index contributed by atoms with van der Waals surface area (Å²) >= 11 is 1.32. The highest BCUT2D eigenvalue weighted by Crippen LogP contribution is 2.33. The van der Waals surface area contributed by atoms with Gasteiger partial charge in [0.05, 0.1) is 19.3 Å². The highest BCUT2D eigenvalue weighted by atomic mass is 32.2. The van der Waals surface area contributed by atoms with Crippen LogP contribution < -0.4 is 18.9 Å². The summed E-state index contributed by atoms with van der Waals surface area (Å²) in [5, 5.41) is 15.6. The van der Waals surface area contributed by atoms with Gasteiger partial charge in [0, 0.05) is 5.92 Å². The molecule has 188 valence electrons. The summed E-state index contributed by atoms with van der Waals surface area (Å²) in [6, 6.07) is 12.8. The van der Waals surface area contributed by atoms with E-state index < -0.39 is 5.91 Å². The maximum absolute atomic E-state index is 12.7. The molecule has 10 heteroatoms. The number of thioether (sulfide) groups is 1. The number of nitrogens with one attached hydrogen (secondary N) is 1. The Kier molecular flexibility index (Phi) is 7.94. The molecule has 2 aliphatic rings. The van der Waals surface area contributed by atoms with Crippen molar-refractivity contribution in [3.63, 3.8) is 0 Å². The number of para-hydroxylation sites is 2. The fourth-order valence-electron chi connectivity index (χ4n) is 3.45. The second-order valence-corrected chi connectivity index (χ2v) is 9.09. The van der Waals surface area contributed by atoms with Crippen molar-refractivity contribution in [2.75, 3.05) is 26.9 Å². The van der Waals surface area contributed by atoms with E-state index in [4.69, 9.17) is 24.4 Å². The van der Waals surface area contributed by atoms with E-state index in [0.717, 1.165) is 5.04 Å². The lowest BCUT2D eigenvalue weighted by molar-refractivity contribution is -0.114. The Balaban J connectivity index is 1.47. The van der Waals surface area contributed by atoms with Gasteiger partial charge in [-0.1, -0.05) is 32.0 Å². The first-order valence-electron chi connectivity index (χ1n) is 11.6. The number of benzene rings is 2. The minimum absolute atomic E-state index is 0.0000692. The van der Waals surface area contributed by atoms with Crippen LogP contribution in [-0.2, 0) is 4.79 Å². The van der Waals surface area contributed by atoms with Crippen LogP contribution in [0.1, 0.15) is 26.3 Å². The first kappa shape index (κ1) is 25.3. The minimum Gasteiger partial charge on any atom is -0.493 e. The summed E-state index contributed by atoms with van der Waals surface area (Å²) in [6.45, 7) is 6.95. The van der Waals surface area contributed by atoms with Crippen molar-refractivity contribution in [3.05, 3.63) is 53.6 Å². The molecule has 0 spiro atoms. The molecule has 4 rings (SSSR count). The van der Waals surface area contributed by atoms with Crippen molar-refractivity contribution in [2.24, 2.45) is 16.0 Å². The smallest absolute Gasteiger partial charge is 0.283 e. The third kappa shape index (κ3) is 5.54. The zero-order valence-corrected chi connectivity index (χ0v) is 21.4. The van der Waals surface area contributed by atoms with E-state index in [1.165, 1.54) is 16.8 Å². The number of ether oxygens (including phenoxy) is 4. The molecule has 1 amide bonds. The predicted molar refractivity (Wildman–Crippen MR) is 141 cm³/mol. The number of carbonyl (C=O) groups is 1. The SMILES string of the molecule is CCOc1cc(C=C2C(=N)N3N=C(C(C)C)SC3=NC2=O)ccc1OCCOc1ccccc1OC. The molecular weight excluding hydrogens is 480 g/mol. The molecule has 2 aromatic rings. The van der Waals surface area contributed by atoms with Gasteiger partial charge in [-0.25, -0.2) is 0 Å². The van der Waals surface area contributed by atoms with E-state index in [1.54, 1.807) is 31.4 Å². The molecule has 2 aromatic carbocycles. The zero-order chi connectivity index (χ0) is 25.7. The Morgan fingerprint density at radius 2 is 1.72 bits per heavy atom. The van der Waals surface area contributed by atoms with Gasteiger partial charge in [-0.2, -0.15) is 15.1 Å². The molecule has 9 nitrogen and oxygen atoms in total. The fourth-order valence-corrected chi connectivity index (χ4v) is 4.34. The van der Waals surface area contributed by atoms with Gasteiger partial charge in [-0.15, -0.1) is 0 Å². The van der Waals surface area contributed by atoms with Crippen molar-refractivity contribution in [1.29, 1.82) is 5.41 Å². The first-order valence-corrected chi connectivity index (χ1v) is 12.4. The van der Waals surface area contributed by atoms with E-state index in [1.807, 2.05) is 45.0 Å². The average molecular weight is 509 g/mol. The van der Waals surface area contributed by atoms with Crippen molar-refractivity contribution in [1.82, 2.24) is 5.01 Å². The van der Waals surface area contributed by atoms with E-state index in [2.05, 4.69) is 10.1 Å². The number of rotatable bonds is 10. The van der Waals surface area contributed by atoms with Crippen molar-refractivity contribution < 1.29 is 23.7 Å². The Bertz CT molecular complexity index is 1250. The highest BCUT2D eigenvalue weighted by Gasteiger charge is 2.36. The molecule has 36 heavy (non-hydrogen) atoms. The number of nitrogens with zero attached hydrogens (tertiary/aromatic N) is 3. The number of hydrazone groups is 1. The summed E-state index contributed by atoms with van der Waals surface area (Å²) in [4.78, 5) is 16.8. The maximum atomic E-state index is 12.7. The lowest BCUT2D eigenvalue weighted by atomic mass is 10.1. The average Bonchev–Trinajstić information content (AvgIpc) is 3.30. The Morgan fingerprint density at radius 1 is 1.03 bits per heavy atom. The Morgan fingerprint density at radius 3 is 2.39 bits per heavy atom. The number of aliphatic imine (C=N–C) groups is 1. The summed E-state index contributed by atoms with van der Waals surface area (Å²) in [5.41, 5.74) is 0.845. The van der Waals surface area contributed by atoms with Gasteiger partial charge in [0.2, 0.25) is 5.17 Å². The molecular formula is C26H28N4O5S. The minimum atomic E-state index is -0.467. The molecule has 1 N–H and O–H groups in total. The van der Waals surface area contributed by atoms with Crippen molar-refractivity contribution in [3.8, 4) is 23.0 Å². The molecule has 0 bridgehead atoms. The van der Waals surface area contributed by atoms with Crippen LogP contribution in [0.2, 0.25) is 0 Å².